The molecule has 0 aromatic rings. The number of thiocarbonyl (C=S) groups is 1. The van der Waals surface area contributed by atoms with Crippen molar-refractivity contribution >= 4 is 17.3 Å². The fourth-order valence-corrected chi connectivity index (χ4v) is 0.661. The van der Waals surface area contributed by atoms with E-state index in [0.717, 1.165) is 11.7 Å². The molecule has 0 rings (SSSR count). The second-order valence-corrected chi connectivity index (χ2v) is 3.59. The van der Waals surface area contributed by atoms with Gasteiger partial charge in [0, 0.05) is 13.6 Å². The fraction of sp³-hybridized carbons (Fsp3) is 0.875. The van der Waals surface area contributed by atoms with Gasteiger partial charge in [-0.25, -0.2) is 0 Å². The molecule has 0 saturated heterocycles. The molecule has 0 aliphatic heterocycles. The lowest BCUT2D eigenvalue weighted by Gasteiger charge is -2.16. The molecular weight excluding hydrogens is 156 g/mol. The van der Waals surface area contributed by atoms with Crippen LogP contribution in [0.15, 0.2) is 0 Å². The quantitative estimate of drug-likeness (QED) is 0.632. The molecule has 11 heavy (non-hydrogen) atoms. The van der Waals surface area contributed by atoms with Crippen molar-refractivity contribution in [1.82, 2.24) is 10.6 Å². The van der Waals surface area contributed by atoms with Gasteiger partial charge in [0.15, 0.2) is 5.11 Å². The first-order valence-corrected chi connectivity index (χ1v) is 4.44. The van der Waals surface area contributed by atoms with Crippen molar-refractivity contribution < 1.29 is 0 Å². The Morgan fingerprint density at radius 1 is 1.36 bits per heavy atom. The third-order valence-electron chi connectivity index (χ3n) is 1.95. The smallest absolute Gasteiger partial charge is 0.166 e. The van der Waals surface area contributed by atoms with E-state index in [1.807, 2.05) is 7.05 Å². The summed E-state index contributed by atoms with van der Waals surface area (Å²) in [5.41, 5.74) is 0. The molecule has 3 heteroatoms. The summed E-state index contributed by atoms with van der Waals surface area (Å²) in [6.07, 6.45) is 0. The summed E-state index contributed by atoms with van der Waals surface area (Å²) in [7, 11) is 1.83. The van der Waals surface area contributed by atoms with Crippen LogP contribution in [-0.4, -0.2) is 18.7 Å². The van der Waals surface area contributed by atoms with Crippen LogP contribution in [0.4, 0.5) is 0 Å². The predicted molar refractivity (Wildman–Crippen MR) is 53.7 cm³/mol. The topological polar surface area (TPSA) is 24.1 Å². The zero-order chi connectivity index (χ0) is 8.85. The van der Waals surface area contributed by atoms with Gasteiger partial charge in [0.2, 0.25) is 0 Å². The van der Waals surface area contributed by atoms with Gasteiger partial charge >= 0.3 is 0 Å². The third kappa shape index (κ3) is 5.01. The third-order valence-corrected chi connectivity index (χ3v) is 2.30. The zero-order valence-electron chi connectivity index (χ0n) is 7.77. The molecule has 0 aromatic heterocycles. The summed E-state index contributed by atoms with van der Waals surface area (Å²) in [5, 5.41) is 6.75. The zero-order valence-corrected chi connectivity index (χ0v) is 8.59. The van der Waals surface area contributed by atoms with Crippen molar-refractivity contribution in [3.05, 3.63) is 0 Å². The van der Waals surface area contributed by atoms with Crippen LogP contribution in [0.1, 0.15) is 20.8 Å². The standard InChI is InChI=1S/C8H18N2S/c1-6(2)7(3)5-10-8(11)9-4/h6-7H,5H2,1-4H3,(H2,9,10,11). The van der Waals surface area contributed by atoms with Gasteiger partial charge in [-0.1, -0.05) is 20.8 Å². The van der Waals surface area contributed by atoms with E-state index in [0.29, 0.717) is 11.8 Å². The largest absolute Gasteiger partial charge is 0.366 e. The lowest BCUT2D eigenvalue weighted by Crippen LogP contribution is -2.36. The molecular formula is C8H18N2S. The van der Waals surface area contributed by atoms with E-state index in [9.17, 15) is 0 Å². The summed E-state index contributed by atoms with van der Waals surface area (Å²) in [6, 6.07) is 0. The minimum Gasteiger partial charge on any atom is -0.366 e. The molecule has 66 valence electrons. The molecule has 0 heterocycles. The van der Waals surface area contributed by atoms with E-state index < -0.39 is 0 Å². The molecule has 2 N–H and O–H groups in total. The molecule has 0 spiro atoms. The summed E-state index contributed by atoms with van der Waals surface area (Å²) < 4.78 is 0. The first kappa shape index (κ1) is 10.7. The first-order chi connectivity index (χ1) is 5.07. The highest BCUT2D eigenvalue weighted by Gasteiger charge is 2.06. The van der Waals surface area contributed by atoms with Crippen LogP contribution in [0.3, 0.4) is 0 Å². The Hall–Kier alpha value is -0.310. The Bertz CT molecular complexity index is 123. The summed E-state index contributed by atoms with van der Waals surface area (Å²) >= 11 is 4.94. The van der Waals surface area contributed by atoms with Crippen LogP contribution in [-0.2, 0) is 0 Å². The van der Waals surface area contributed by atoms with Gasteiger partial charge in [-0.05, 0) is 24.1 Å². The minimum atomic E-state index is 0.668. The van der Waals surface area contributed by atoms with Crippen LogP contribution in [0.25, 0.3) is 0 Å². The van der Waals surface area contributed by atoms with Crippen LogP contribution in [0.5, 0.6) is 0 Å². The van der Waals surface area contributed by atoms with Crippen molar-refractivity contribution in [3.63, 3.8) is 0 Å². The molecule has 0 fully saturated rings. The highest BCUT2D eigenvalue weighted by atomic mass is 32.1. The van der Waals surface area contributed by atoms with Gasteiger partial charge < -0.3 is 10.6 Å². The Balaban J connectivity index is 3.45. The normalized spacial score (nSPS) is 12.8. The van der Waals surface area contributed by atoms with Crippen molar-refractivity contribution in [2.75, 3.05) is 13.6 Å². The molecule has 0 amide bonds. The number of rotatable bonds is 3. The number of nitrogens with one attached hydrogen (secondary N) is 2. The average molecular weight is 174 g/mol. The molecule has 1 unspecified atom stereocenters. The molecule has 0 aromatic carbocycles. The van der Waals surface area contributed by atoms with E-state index in [2.05, 4.69) is 31.4 Å². The second-order valence-electron chi connectivity index (χ2n) is 3.18. The number of hydrogen-bond acceptors (Lipinski definition) is 1. The van der Waals surface area contributed by atoms with Crippen molar-refractivity contribution in [2.45, 2.75) is 20.8 Å². The van der Waals surface area contributed by atoms with Crippen molar-refractivity contribution in [1.29, 1.82) is 0 Å². The summed E-state index contributed by atoms with van der Waals surface area (Å²) in [4.78, 5) is 0. The van der Waals surface area contributed by atoms with Gasteiger partial charge in [0.05, 0.1) is 0 Å². The Morgan fingerprint density at radius 3 is 2.27 bits per heavy atom. The van der Waals surface area contributed by atoms with Crippen molar-refractivity contribution in [2.24, 2.45) is 11.8 Å². The second kappa shape index (κ2) is 5.35. The van der Waals surface area contributed by atoms with E-state index in [1.165, 1.54) is 0 Å². The van der Waals surface area contributed by atoms with E-state index >= 15 is 0 Å². The highest BCUT2D eigenvalue weighted by Crippen LogP contribution is 2.07. The van der Waals surface area contributed by atoms with E-state index in [4.69, 9.17) is 12.2 Å². The molecule has 0 bridgehead atoms. The summed E-state index contributed by atoms with van der Waals surface area (Å²) in [5.74, 6) is 1.38. The van der Waals surface area contributed by atoms with Gasteiger partial charge in [-0.2, -0.15) is 0 Å². The van der Waals surface area contributed by atoms with Crippen LogP contribution >= 0.6 is 12.2 Å². The van der Waals surface area contributed by atoms with Crippen LogP contribution < -0.4 is 10.6 Å². The predicted octanol–water partition coefficient (Wildman–Crippen LogP) is 1.37. The molecule has 0 radical (unpaired) electrons. The van der Waals surface area contributed by atoms with Crippen molar-refractivity contribution in [3.8, 4) is 0 Å². The van der Waals surface area contributed by atoms with Gasteiger partial charge in [-0.3, -0.25) is 0 Å². The molecule has 1 atom stereocenters. The summed E-state index contributed by atoms with van der Waals surface area (Å²) in [6.45, 7) is 7.61. The van der Waals surface area contributed by atoms with Gasteiger partial charge in [-0.15, -0.1) is 0 Å². The molecule has 0 aliphatic carbocycles. The maximum absolute atomic E-state index is 4.94. The Labute approximate surface area is 74.8 Å². The Morgan fingerprint density at radius 2 is 1.91 bits per heavy atom. The lowest BCUT2D eigenvalue weighted by atomic mass is 9.98. The first-order valence-electron chi connectivity index (χ1n) is 4.03. The molecule has 2 nitrogen and oxygen atoms in total. The van der Waals surface area contributed by atoms with E-state index in [1.54, 1.807) is 0 Å². The van der Waals surface area contributed by atoms with E-state index in [-0.39, 0.29) is 0 Å². The lowest BCUT2D eigenvalue weighted by molar-refractivity contribution is 0.415. The van der Waals surface area contributed by atoms with Crippen LogP contribution in [0.2, 0.25) is 0 Å². The maximum Gasteiger partial charge on any atom is 0.166 e. The maximum atomic E-state index is 4.94. The minimum absolute atomic E-state index is 0.668. The SMILES string of the molecule is CNC(=S)NCC(C)C(C)C. The molecule has 0 aliphatic rings. The molecule has 0 saturated carbocycles. The monoisotopic (exact) mass is 174 g/mol. The van der Waals surface area contributed by atoms with Gasteiger partial charge in [0.25, 0.3) is 0 Å². The Kier molecular flexibility index (Phi) is 5.20. The van der Waals surface area contributed by atoms with Gasteiger partial charge in [0.1, 0.15) is 0 Å². The fourth-order valence-electron chi connectivity index (χ4n) is 0.578. The van der Waals surface area contributed by atoms with Crippen LogP contribution in [0, 0.1) is 11.8 Å². The number of hydrogen-bond donors (Lipinski definition) is 2. The highest BCUT2D eigenvalue weighted by molar-refractivity contribution is 7.80. The average Bonchev–Trinajstić information content (AvgIpc) is 1.99.